The van der Waals surface area contributed by atoms with Crippen LogP contribution in [0.4, 0.5) is 10.1 Å². The number of halogens is 2. The minimum absolute atomic E-state index is 0.0153. The molecule has 0 aliphatic carbocycles. The molecule has 0 saturated carbocycles. The van der Waals surface area contributed by atoms with E-state index in [2.05, 4.69) is 5.32 Å². The van der Waals surface area contributed by atoms with Gasteiger partial charge in [-0.3, -0.25) is 9.59 Å². The fourth-order valence-electron chi connectivity index (χ4n) is 4.26. The summed E-state index contributed by atoms with van der Waals surface area (Å²) in [4.78, 5) is 27.0. The minimum Gasteiger partial charge on any atom is -0.372 e. The maximum atomic E-state index is 13.5. The van der Waals surface area contributed by atoms with Crippen LogP contribution in [0.3, 0.4) is 0 Å². The lowest BCUT2D eigenvalue weighted by atomic mass is 10.0. The molecule has 1 aliphatic heterocycles. The first-order chi connectivity index (χ1) is 15.4. The van der Waals surface area contributed by atoms with Gasteiger partial charge in [0.05, 0.1) is 0 Å². The summed E-state index contributed by atoms with van der Waals surface area (Å²) in [5.41, 5.74) is -1.32. The standard InChI is InChI=1S/C24H29ClFN2O4P/c1-15(2)33(32,16(3)4)21-7-5-20(6-8-21)28-10-9-24(31,23(28)30)22(29)27-14-17-11-18(25)13-19(26)12-17/h5-8,11-13,15-16,31H,9-10,14H2,1-4H3,(H,27,29)/t24-/m0/s1. The van der Waals surface area contributed by atoms with Crippen LogP contribution in [-0.2, 0) is 20.7 Å². The summed E-state index contributed by atoms with van der Waals surface area (Å²) in [5, 5.41) is 14.2. The van der Waals surface area contributed by atoms with Crippen LogP contribution in [0.5, 0.6) is 0 Å². The van der Waals surface area contributed by atoms with Crippen LogP contribution in [0.25, 0.3) is 0 Å². The van der Waals surface area contributed by atoms with Crippen LogP contribution >= 0.6 is 18.7 Å². The Hall–Kier alpha value is -2.21. The summed E-state index contributed by atoms with van der Waals surface area (Å²) in [6.45, 7) is 7.83. The molecule has 2 aromatic rings. The largest absolute Gasteiger partial charge is 0.372 e. The molecule has 1 aliphatic rings. The third-order valence-corrected chi connectivity index (χ3v) is 10.5. The number of rotatable bonds is 7. The molecule has 0 aromatic heterocycles. The number of anilines is 1. The van der Waals surface area contributed by atoms with Crippen molar-refractivity contribution >= 4 is 41.5 Å². The summed E-state index contributed by atoms with van der Waals surface area (Å²) in [6, 6.07) is 10.8. The predicted molar refractivity (Wildman–Crippen MR) is 129 cm³/mol. The van der Waals surface area contributed by atoms with Crippen molar-refractivity contribution in [3.63, 3.8) is 0 Å². The van der Waals surface area contributed by atoms with E-state index < -0.39 is 30.4 Å². The highest BCUT2D eigenvalue weighted by Crippen LogP contribution is 2.53. The van der Waals surface area contributed by atoms with Crippen LogP contribution < -0.4 is 15.5 Å². The Morgan fingerprint density at radius 1 is 1.18 bits per heavy atom. The van der Waals surface area contributed by atoms with Crippen molar-refractivity contribution in [3.8, 4) is 0 Å². The molecule has 1 atom stereocenters. The van der Waals surface area contributed by atoms with Gasteiger partial charge in [0, 0.05) is 46.8 Å². The molecule has 0 bridgehead atoms. The van der Waals surface area contributed by atoms with Crippen molar-refractivity contribution in [1.82, 2.24) is 5.32 Å². The molecule has 2 N–H and O–H groups in total. The highest BCUT2D eigenvalue weighted by molar-refractivity contribution is 7.72. The number of hydrogen-bond acceptors (Lipinski definition) is 4. The van der Waals surface area contributed by atoms with E-state index in [0.29, 0.717) is 11.3 Å². The third kappa shape index (κ3) is 4.86. The number of nitrogens with one attached hydrogen (secondary N) is 1. The van der Waals surface area contributed by atoms with Crippen LogP contribution in [0, 0.1) is 5.82 Å². The Morgan fingerprint density at radius 2 is 1.79 bits per heavy atom. The summed E-state index contributed by atoms with van der Waals surface area (Å²) >= 11 is 5.82. The second-order valence-electron chi connectivity index (χ2n) is 8.94. The fourth-order valence-corrected chi connectivity index (χ4v) is 7.51. The number of benzene rings is 2. The Balaban J connectivity index is 1.74. The van der Waals surface area contributed by atoms with E-state index in [1.165, 1.54) is 17.0 Å². The van der Waals surface area contributed by atoms with Crippen LogP contribution in [0.2, 0.25) is 5.02 Å². The van der Waals surface area contributed by atoms with E-state index in [1.807, 2.05) is 27.7 Å². The van der Waals surface area contributed by atoms with Crippen molar-refractivity contribution in [2.24, 2.45) is 0 Å². The Labute approximate surface area is 198 Å². The number of carbonyl (C=O) groups is 2. The first-order valence-corrected chi connectivity index (χ1v) is 13.1. The van der Waals surface area contributed by atoms with E-state index >= 15 is 0 Å². The molecule has 0 spiro atoms. The van der Waals surface area contributed by atoms with Gasteiger partial charge in [0.2, 0.25) is 5.60 Å². The maximum absolute atomic E-state index is 13.5. The number of nitrogens with zero attached hydrogens (tertiary/aromatic N) is 1. The summed E-state index contributed by atoms with van der Waals surface area (Å²) < 4.78 is 27.0. The van der Waals surface area contributed by atoms with E-state index in [4.69, 9.17) is 11.6 Å². The SMILES string of the molecule is CC(C)P(=O)(c1ccc(N2CC[C@](O)(C(=O)NCc3cc(F)cc(Cl)c3)C2=O)cc1)C(C)C. The zero-order valence-electron chi connectivity index (χ0n) is 19.1. The van der Waals surface area contributed by atoms with Crippen molar-refractivity contribution in [2.75, 3.05) is 11.4 Å². The van der Waals surface area contributed by atoms with Gasteiger partial charge in [-0.15, -0.1) is 0 Å². The maximum Gasteiger partial charge on any atom is 0.268 e. The zero-order valence-corrected chi connectivity index (χ0v) is 20.8. The number of hydrogen-bond donors (Lipinski definition) is 2. The highest BCUT2D eigenvalue weighted by Gasteiger charge is 2.51. The van der Waals surface area contributed by atoms with Gasteiger partial charge in [-0.2, -0.15) is 0 Å². The Kier molecular flexibility index (Phi) is 7.37. The molecule has 6 nitrogen and oxygen atoms in total. The van der Waals surface area contributed by atoms with Gasteiger partial charge in [0.25, 0.3) is 11.8 Å². The van der Waals surface area contributed by atoms with E-state index in [0.717, 1.165) is 11.4 Å². The minimum atomic E-state index is -2.62. The molecule has 0 radical (unpaired) electrons. The van der Waals surface area contributed by atoms with Crippen molar-refractivity contribution in [1.29, 1.82) is 0 Å². The first-order valence-electron chi connectivity index (χ1n) is 10.9. The zero-order chi connectivity index (χ0) is 24.6. The van der Waals surface area contributed by atoms with E-state index in [-0.39, 0.29) is 35.9 Å². The van der Waals surface area contributed by atoms with Gasteiger partial charge in [0.15, 0.2) is 0 Å². The molecule has 1 saturated heterocycles. The number of aliphatic hydroxyl groups is 1. The lowest BCUT2D eigenvalue weighted by molar-refractivity contribution is -0.149. The van der Waals surface area contributed by atoms with Crippen molar-refractivity contribution in [3.05, 3.63) is 58.9 Å². The predicted octanol–water partition coefficient (Wildman–Crippen LogP) is 4.07. The Bertz CT molecular complexity index is 1070. The lowest BCUT2D eigenvalue weighted by Crippen LogP contribution is -2.52. The molecule has 0 unspecified atom stereocenters. The molecular formula is C24H29ClFN2O4P. The van der Waals surface area contributed by atoms with Crippen molar-refractivity contribution < 1.29 is 23.7 Å². The van der Waals surface area contributed by atoms with E-state index in [1.54, 1.807) is 24.3 Å². The molecule has 1 fully saturated rings. The first kappa shape index (κ1) is 25.4. The van der Waals surface area contributed by atoms with Gasteiger partial charge in [-0.1, -0.05) is 39.3 Å². The van der Waals surface area contributed by atoms with Crippen LogP contribution in [0.15, 0.2) is 42.5 Å². The highest BCUT2D eigenvalue weighted by atomic mass is 35.5. The van der Waals surface area contributed by atoms with Gasteiger partial charge < -0.3 is 19.9 Å². The smallest absolute Gasteiger partial charge is 0.268 e. The summed E-state index contributed by atoms with van der Waals surface area (Å²) in [7, 11) is -2.62. The van der Waals surface area contributed by atoms with E-state index in [9.17, 15) is 23.7 Å². The molecule has 3 rings (SSSR count). The average molecular weight is 495 g/mol. The third-order valence-electron chi connectivity index (χ3n) is 6.15. The number of amides is 2. The molecule has 2 amide bonds. The topological polar surface area (TPSA) is 86.7 Å². The molecule has 178 valence electrons. The monoisotopic (exact) mass is 494 g/mol. The molecule has 1 heterocycles. The molecule has 33 heavy (non-hydrogen) atoms. The van der Waals surface area contributed by atoms with Gasteiger partial charge in [-0.05, 0) is 48.0 Å². The van der Waals surface area contributed by atoms with Crippen LogP contribution in [0.1, 0.15) is 39.7 Å². The second-order valence-corrected chi connectivity index (χ2v) is 13.4. The second kappa shape index (κ2) is 9.57. The summed E-state index contributed by atoms with van der Waals surface area (Å²) in [5.74, 6) is -2.13. The lowest BCUT2D eigenvalue weighted by Gasteiger charge is -2.27. The van der Waals surface area contributed by atoms with Crippen LogP contribution in [-0.4, -0.2) is 40.4 Å². The Morgan fingerprint density at radius 3 is 2.33 bits per heavy atom. The van der Waals surface area contributed by atoms with Gasteiger partial charge >= 0.3 is 0 Å². The van der Waals surface area contributed by atoms with Gasteiger partial charge in [-0.25, -0.2) is 4.39 Å². The van der Waals surface area contributed by atoms with Crippen molar-refractivity contribution in [2.45, 2.75) is 57.6 Å². The quantitative estimate of drug-likeness (QED) is 0.449. The fraction of sp³-hybridized carbons (Fsp3) is 0.417. The normalized spacial score (nSPS) is 18.9. The summed E-state index contributed by atoms with van der Waals surface area (Å²) in [6.07, 6.45) is -0.0835. The number of carbonyl (C=O) groups excluding carboxylic acids is 2. The molecular weight excluding hydrogens is 466 g/mol. The van der Waals surface area contributed by atoms with Gasteiger partial charge in [0.1, 0.15) is 13.0 Å². The molecule has 9 heteroatoms. The average Bonchev–Trinajstić information content (AvgIpc) is 3.06. The molecule has 2 aromatic carbocycles.